The largest absolute Gasteiger partial charge is 0.508 e. The Labute approximate surface area is 169 Å². The molecule has 0 unspecified atom stereocenters. The zero-order chi connectivity index (χ0) is 20.6. The fourth-order valence-corrected chi connectivity index (χ4v) is 3.20. The van der Waals surface area contributed by atoms with E-state index in [9.17, 15) is 20.1 Å². The molecule has 3 rings (SSSR count). The molecule has 0 fully saturated rings. The van der Waals surface area contributed by atoms with Gasteiger partial charge in [-0.3, -0.25) is 4.79 Å². The van der Waals surface area contributed by atoms with Crippen molar-refractivity contribution in [3.05, 3.63) is 89.5 Å². The van der Waals surface area contributed by atoms with Crippen molar-refractivity contribution in [3.8, 4) is 17.2 Å². The maximum Gasteiger partial charge on any atom is 0.306 e. The first-order chi connectivity index (χ1) is 14.0. The van der Waals surface area contributed by atoms with Crippen molar-refractivity contribution in [2.45, 2.75) is 25.9 Å². The summed E-state index contributed by atoms with van der Waals surface area (Å²) in [6, 6.07) is 20.5. The number of aromatic hydroxyl groups is 3. The van der Waals surface area contributed by atoms with Gasteiger partial charge < -0.3 is 20.1 Å². The molecule has 0 radical (unpaired) electrons. The van der Waals surface area contributed by atoms with Gasteiger partial charge in [0, 0.05) is 6.42 Å². The van der Waals surface area contributed by atoms with E-state index in [2.05, 4.69) is 0 Å². The van der Waals surface area contributed by atoms with E-state index >= 15 is 0 Å². The molecule has 0 aliphatic rings. The van der Waals surface area contributed by atoms with Gasteiger partial charge >= 0.3 is 5.97 Å². The fraction of sp³-hybridized carbons (Fsp3) is 0.208. The van der Waals surface area contributed by atoms with Crippen LogP contribution in [0.3, 0.4) is 0 Å². The van der Waals surface area contributed by atoms with Crippen molar-refractivity contribution in [2.75, 3.05) is 0 Å². The predicted octanol–water partition coefficient (Wildman–Crippen LogP) is 4.34. The van der Waals surface area contributed by atoms with Gasteiger partial charge in [0.1, 0.15) is 23.9 Å². The molecule has 150 valence electrons. The van der Waals surface area contributed by atoms with Crippen LogP contribution in [0.25, 0.3) is 0 Å². The number of hydrogen-bond donors (Lipinski definition) is 3. The lowest BCUT2D eigenvalue weighted by molar-refractivity contribution is -0.146. The number of rotatable bonds is 8. The maximum atomic E-state index is 12.4. The highest BCUT2D eigenvalue weighted by atomic mass is 16.5. The summed E-state index contributed by atoms with van der Waals surface area (Å²) in [5.74, 6) is 0.300. The first-order valence-corrected chi connectivity index (χ1v) is 9.47. The highest BCUT2D eigenvalue weighted by Gasteiger charge is 2.17. The molecular formula is C24H24O5. The average molecular weight is 392 g/mol. The van der Waals surface area contributed by atoms with Crippen molar-refractivity contribution in [3.63, 3.8) is 0 Å². The van der Waals surface area contributed by atoms with Crippen molar-refractivity contribution in [2.24, 2.45) is 5.92 Å². The van der Waals surface area contributed by atoms with E-state index in [-0.39, 0.29) is 42.2 Å². The van der Waals surface area contributed by atoms with Crippen LogP contribution in [0, 0.1) is 5.92 Å². The smallest absolute Gasteiger partial charge is 0.306 e. The second kappa shape index (κ2) is 9.64. The number of carbonyl (C=O) groups is 1. The molecule has 0 bridgehead atoms. The summed E-state index contributed by atoms with van der Waals surface area (Å²) in [6.07, 6.45) is 1.57. The average Bonchev–Trinajstić information content (AvgIpc) is 2.71. The Bertz CT molecular complexity index is 867. The Morgan fingerprint density at radius 3 is 1.45 bits per heavy atom. The van der Waals surface area contributed by atoms with Crippen LogP contribution in [0.1, 0.15) is 23.1 Å². The molecule has 5 nitrogen and oxygen atoms in total. The Morgan fingerprint density at radius 1 is 0.655 bits per heavy atom. The first kappa shape index (κ1) is 20.3. The minimum absolute atomic E-state index is 0.0106. The van der Waals surface area contributed by atoms with Crippen LogP contribution in [0.15, 0.2) is 72.8 Å². The minimum atomic E-state index is -0.291. The van der Waals surface area contributed by atoms with E-state index in [1.807, 2.05) is 24.3 Å². The second-order valence-corrected chi connectivity index (χ2v) is 7.14. The molecule has 0 aromatic heterocycles. The molecule has 0 saturated heterocycles. The molecule has 5 heteroatoms. The van der Waals surface area contributed by atoms with Gasteiger partial charge in [-0.15, -0.1) is 0 Å². The molecule has 0 saturated carbocycles. The van der Waals surface area contributed by atoms with Crippen LogP contribution >= 0.6 is 0 Å². The van der Waals surface area contributed by atoms with Gasteiger partial charge in [0.15, 0.2) is 0 Å². The zero-order valence-electron chi connectivity index (χ0n) is 16.0. The summed E-state index contributed by atoms with van der Waals surface area (Å²) >= 11 is 0. The quantitative estimate of drug-likeness (QED) is 0.497. The molecule has 3 aromatic carbocycles. The lowest BCUT2D eigenvalue weighted by Gasteiger charge is -2.17. The van der Waals surface area contributed by atoms with Crippen molar-refractivity contribution in [1.82, 2.24) is 0 Å². The SMILES string of the molecule is O=C(CC(Cc1ccc(O)cc1)Cc1ccc(O)cc1)OCc1ccc(O)cc1. The van der Waals surface area contributed by atoms with Crippen molar-refractivity contribution >= 4 is 5.97 Å². The van der Waals surface area contributed by atoms with Crippen LogP contribution < -0.4 is 0 Å². The van der Waals surface area contributed by atoms with Gasteiger partial charge in [-0.05, 0) is 71.8 Å². The van der Waals surface area contributed by atoms with Gasteiger partial charge in [-0.1, -0.05) is 36.4 Å². The van der Waals surface area contributed by atoms with Crippen molar-refractivity contribution < 1.29 is 24.9 Å². The molecule has 0 aliphatic heterocycles. The molecular weight excluding hydrogens is 368 g/mol. The predicted molar refractivity (Wildman–Crippen MR) is 110 cm³/mol. The number of phenolic OH excluding ortho intramolecular Hbond substituents is 3. The molecule has 3 aromatic rings. The summed E-state index contributed by atoms with van der Waals surface area (Å²) in [7, 11) is 0. The number of hydrogen-bond acceptors (Lipinski definition) is 5. The number of ether oxygens (including phenoxy) is 1. The van der Waals surface area contributed by atoms with E-state index in [0.29, 0.717) is 12.8 Å². The summed E-state index contributed by atoms with van der Waals surface area (Å²) < 4.78 is 5.41. The summed E-state index contributed by atoms with van der Waals surface area (Å²) in [6.45, 7) is 0.157. The second-order valence-electron chi connectivity index (χ2n) is 7.14. The van der Waals surface area contributed by atoms with Crippen LogP contribution in [-0.4, -0.2) is 21.3 Å². The summed E-state index contributed by atoms with van der Waals surface area (Å²) in [5.41, 5.74) is 2.86. The fourth-order valence-electron chi connectivity index (χ4n) is 3.20. The Morgan fingerprint density at radius 2 is 1.03 bits per heavy atom. The monoisotopic (exact) mass is 392 g/mol. The molecule has 0 atom stereocenters. The summed E-state index contributed by atoms with van der Waals surface area (Å²) in [5, 5.41) is 28.3. The Balaban J connectivity index is 1.64. The zero-order valence-corrected chi connectivity index (χ0v) is 16.0. The van der Waals surface area contributed by atoms with Gasteiger partial charge in [0.2, 0.25) is 0 Å². The molecule has 0 heterocycles. The normalized spacial score (nSPS) is 10.8. The molecule has 0 spiro atoms. The lowest BCUT2D eigenvalue weighted by atomic mass is 9.90. The van der Waals surface area contributed by atoms with Crippen molar-refractivity contribution in [1.29, 1.82) is 0 Å². The molecule has 29 heavy (non-hydrogen) atoms. The Hall–Kier alpha value is -3.47. The van der Waals surface area contributed by atoms with Gasteiger partial charge in [0.05, 0.1) is 0 Å². The standard InChI is InChI=1S/C24H24O5/c25-21-7-1-17(2-8-21)13-20(14-18-3-9-22(26)10-4-18)15-24(28)29-16-19-5-11-23(27)12-6-19/h1-12,20,25-27H,13-16H2. The van der Waals surface area contributed by atoms with E-state index in [4.69, 9.17) is 4.74 Å². The van der Waals surface area contributed by atoms with Gasteiger partial charge in [0.25, 0.3) is 0 Å². The third kappa shape index (κ3) is 6.57. The molecule has 0 amide bonds. The third-order valence-corrected chi connectivity index (χ3v) is 4.71. The summed E-state index contributed by atoms with van der Waals surface area (Å²) in [4.78, 5) is 12.4. The van der Waals surface area contributed by atoms with Crippen LogP contribution in [0.4, 0.5) is 0 Å². The van der Waals surface area contributed by atoms with Crippen LogP contribution in [0.2, 0.25) is 0 Å². The van der Waals surface area contributed by atoms with E-state index in [1.165, 1.54) is 0 Å². The minimum Gasteiger partial charge on any atom is -0.508 e. The van der Waals surface area contributed by atoms with Gasteiger partial charge in [-0.25, -0.2) is 0 Å². The highest BCUT2D eigenvalue weighted by Crippen LogP contribution is 2.22. The lowest BCUT2D eigenvalue weighted by Crippen LogP contribution is -2.16. The number of carbonyl (C=O) groups excluding carboxylic acids is 1. The molecule has 3 N–H and O–H groups in total. The first-order valence-electron chi connectivity index (χ1n) is 9.47. The topological polar surface area (TPSA) is 87.0 Å². The van der Waals surface area contributed by atoms with Gasteiger partial charge in [-0.2, -0.15) is 0 Å². The third-order valence-electron chi connectivity index (χ3n) is 4.71. The highest BCUT2D eigenvalue weighted by molar-refractivity contribution is 5.69. The van der Waals surface area contributed by atoms with Crippen LogP contribution in [-0.2, 0) is 29.0 Å². The number of phenols is 3. The van der Waals surface area contributed by atoms with E-state index in [1.54, 1.807) is 48.5 Å². The molecule has 0 aliphatic carbocycles. The Kier molecular flexibility index (Phi) is 6.74. The number of benzene rings is 3. The van der Waals surface area contributed by atoms with E-state index in [0.717, 1.165) is 16.7 Å². The number of esters is 1. The maximum absolute atomic E-state index is 12.4. The van der Waals surface area contributed by atoms with Crippen LogP contribution in [0.5, 0.6) is 17.2 Å². The van der Waals surface area contributed by atoms with E-state index < -0.39 is 0 Å².